The average Bonchev–Trinajstić information content (AvgIpc) is 3.12. The molecule has 144 valence electrons. The Morgan fingerprint density at radius 1 is 1.38 bits per heavy atom. The van der Waals surface area contributed by atoms with Gasteiger partial charge in [-0.1, -0.05) is 11.6 Å². The molecule has 2 heterocycles. The molecular formula is C16H22Cl2N4O3S. The largest absolute Gasteiger partial charge is 0.494 e. The zero-order chi connectivity index (χ0) is 18.0. The van der Waals surface area contributed by atoms with Crippen LogP contribution in [-0.2, 0) is 10.0 Å². The van der Waals surface area contributed by atoms with Crippen molar-refractivity contribution < 1.29 is 13.2 Å². The number of hydrogen-bond acceptors (Lipinski definition) is 5. The maximum absolute atomic E-state index is 12.9. The van der Waals surface area contributed by atoms with Gasteiger partial charge in [-0.3, -0.25) is 0 Å². The van der Waals surface area contributed by atoms with Gasteiger partial charge in [0.1, 0.15) is 16.3 Å². The molecule has 26 heavy (non-hydrogen) atoms. The third kappa shape index (κ3) is 4.15. The van der Waals surface area contributed by atoms with Crippen LogP contribution in [0, 0.1) is 0 Å². The van der Waals surface area contributed by atoms with E-state index in [2.05, 4.69) is 10.4 Å². The van der Waals surface area contributed by atoms with Gasteiger partial charge in [-0.15, -0.1) is 12.4 Å². The molecule has 7 nitrogen and oxygen atoms in total. The van der Waals surface area contributed by atoms with E-state index in [1.807, 2.05) is 7.05 Å². The Morgan fingerprint density at radius 2 is 2.15 bits per heavy atom. The molecule has 0 aliphatic carbocycles. The highest BCUT2D eigenvalue weighted by Crippen LogP contribution is 2.27. The van der Waals surface area contributed by atoms with Crippen LogP contribution in [0.3, 0.4) is 0 Å². The van der Waals surface area contributed by atoms with Crippen LogP contribution in [0.1, 0.15) is 12.8 Å². The van der Waals surface area contributed by atoms with Crippen molar-refractivity contribution in [2.45, 2.75) is 23.8 Å². The summed E-state index contributed by atoms with van der Waals surface area (Å²) in [6, 6.07) is 5.28. The second-order valence-electron chi connectivity index (χ2n) is 5.93. The normalized spacial score (nSPS) is 18.3. The predicted molar refractivity (Wildman–Crippen MR) is 103 cm³/mol. The van der Waals surface area contributed by atoms with Gasteiger partial charge < -0.3 is 10.1 Å². The van der Waals surface area contributed by atoms with Gasteiger partial charge in [-0.05, 0) is 38.1 Å². The number of hydrogen-bond donors (Lipinski definition) is 1. The summed E-state index contributed by atoms with van der Waals surface area (Å²) < 4.78 is 34.1. The van der Waals surface area contributed by atoms with Crippen molar-refractivity contribution in [2.24, 2.45) is 0 Å². The van der Waals surface area contributed by atoms with Gasteiger partial charge in [0.25, 0.3) is 0 Å². The summed E-state index contributed by atoms with van der Waals surface area (Å²) in [5.41, 5.74) is 0.586. The summed E-state index contributed by atoms with van der Waals surface area (Å²) in [6.45, 7) is 0.983. The van der Waals surface area contributed by atoms with Crippen LogP contribution in [0.15, 0.2) is 35.5 Å². The van der Waals surface area contributed by atoms with Crippen LogP contribution in [0.5, 0.6) is 5.75 Å². The molecule has 0 bridgehead atoms. The number of methoxy groups -OCH3 is 1. The van der Waals surface area contributed by atoms with Crippen LogP contribution in [0.2, 0.25) is 5.02 Å². The minimum absolute atomic E-state index is 0. The highest BCUT2D eigenvalue weighted by molar-refractivity contribution is 7.89. The molecule has 10 heteroatoms. The van der Waals surface area contributed by atoms with E-state index < -0.39 is 10.0 Å². The number of halogens is 2. The maximum Gasteiger partial charge on any atom is 0.246 e. The molecule has 1 unspecified atom stereocenters. The van der Waals surface area contributed by atoms with E-state index in [0.717, 1.165) is 12.8 Å². The Bertz CT molecular complexity index is 857. The summed E-state index contributed by atoms with van der Waals surface area (Å²) in [6.07, 6.45) is 4.66. The van der Waals surface area contributed by atoms with E-state index in [-0.39, 0.29) is 23.3 Å². The minimum atomic E-state index is -3.59. The lowest BCUT2D eigenvalue weighted by atomic mass is 10.1. The Labute approximate surface area is 164 Å². The summed E-state index contributed by atoms with van der Waals surface area (Å²) in [5.74, 6) is 0.560. The first-order valence-corrected chi connectivity index (χ1v) is 9.83. The van der Waals surface area contributed by atoms with Gasteiger partial charge in [-0.2, -0.15) is 9.40 Å². The van der Waals surface area contributed by atoms with E-state index in [1.165, 1.54) is 21.4 Å². The zero-order valence-electron chi connectivity index (χ0n) is 14.6. The minimum Gasteiger partial charge on any atom is -0.494 e. The van der Waals surface area contributed by atoms with Crippen LogP contribution in [0.4, 0.5) is 0 Å². The molecule has 3 rings (SSSR count). The molecule has 1 aromatic heterocycles. The average molecular weight is 421 g/mol. The monoisotopic (exact) mass is 420 g/mol. The van der Waals surface area contributed by atoms with Crippen molar-refractivity contribution in [1.82, 2.24) is 19.4 Å². The molecule has 0 amide bonds. The lowest BCUT2D eigenvalue weighted by molar-refractivity contribution is 0.293. The molecule has 1 saturated heterocycles. The number of aromatic nitrogens is 2. The van der Waals surface area contributed by atoms with Crippen LogP contribution in [0.25, 0.3) is 5.69 Å². The van der Waals surface area contributed by atoms with Crippen molar-refractivity contribution in [3.63, 3.8) is 0 Å². The number of nitrogens with one attached hydrogen (secondary N) is 1. The lowest BCUT2D eigenvalue weighted by Crippen LogP contribution is -2.46. The fourth-order valence-electron chi connectivity index (χ4n) is 2.96. The van der Waals surface area contributed by atoms with E-state index in [4.69, 9.17) is 16.3 Å². The van der Waals surface area contributed by atoms with Crippen molar-refractivity contribution in [1.29, 1.82) is 0 Å². The summed E-state index contributed by atoms with van der Waals surface area (Å²) >= 11 is 6.04. The van der Waals surface area contributed by atoms with E-state index in [0.29, 0.717) is 29.5 Å². The Hall–Kier alpha value is -1.32. The van der Waals surface area contributed by atoms with Gasteiger partial charge in [0, 0.05) is 24.2 Å². The highest BCUT2D eigenvalue weighted by Gasteiger charge is 2.30. The molecular weight excluding hydrogens is 399 g/mol. The SMILES string of the molecule is CNC1CCCN(S(=O)(=O)c2cnn(-c3cc(Cl)ccc3OC)c2)C1.Cl. The smallest absolute Gasteiger partial charge is 0.246 e. The number of benzene rings is 1. The van der Waals surface area contributed by atoms with E-state index in [9.17, 15) is 8.42 Å². The molecule has 0 radical (unpaired) electrons. The van der Waals surface area contributed by atoms with Crippen LogP contribution in [-0.4, -0.2) is 55.8 Å². The first-order chi connectivity index (χ1) is 12.0. The molecule has 1 atom stereocenters. The predicted octanol–water partition coefficient (Wildman–Crippen LogP) is 2.33. The number of piperidine rings is 1. The zero-order valence-corrected chi connectivity index (χ0v) is 16.9. The maximum atomic E-state index is 12.9. The van der Waals surface area contributed by atoms with Crippen molar-refractivity contribution in [3.05, 3.63) is 35.6 Å². The fraction of sp³-hybridized carbons (Fsp3) is 0.438. The molecule has 0 spiro atoms. The fourth-order valence-corrected chi connectivity index (χ4v) is 4.58. The van der Waals surface area contributed by atoms with E-state index >= 15 is 0 Å². The number of sulfonamides is 1. The Kier molecular flexibility index (Phi) is 6.92. The Morgan fingerprint density at radius 3 is 2.85 bits per heavy atom. The standard InChI is InChI=1S/C16H21ClN4O3S.ClH/c1-18-13-4-3-7-20(10-13)25(22,23)14-9-19-21(11-14)15-8-12(17)5-6-16(15)24-2;/h5-6,8-9,11,13,18H,3-4,7,10H2,1-2H3;1H. The number of likely N-dealkylation sites (N-methyl/N-ethyl adjacent to an activating group) is 1. The molecule has 1 aromatic carbocycles. The summed E-state index contributed by atoms with van der Waals surface area (Å²) in [5, 5.41) is 7.86. The quantitative estimate of drug-likeness (QED) is 0.802. The van der Waals surface area contributed by atoms with Gasteiger partial charge in [0.2, 0.25) is 10.0 Å². The third-order valence-electron chi connectivity index (χ3n) is 4.38. The second-order valence-corrected chi connectivity index (χ2v) is 8.30. The van der Waals surface area contributed by atoms with Crippen molar-refractivity contribution in [2.75, 3.05) is 27.2 Å². The number of ether oxygens (including phenoxy) is 1. The summed E-state index contributed by atoms with van der Waals surface area (Å²) in [4.78, 5) is 0.159. The first kappa shape index (κ1) is 21.0. The van der Waals surface area contributed by atoms with Crippen LogP contribution < -0.4 is 10.1 Å². The second kappa shape index (κ2) is 8.58. The molecule has 1 N–H and O–H groups in total. The third-order valence-corrected chi connectivity index (χ3v) is 6.43. The molecule has 2 aromatic rings. The van der Waals surface area contributed by atoms with Gasteiger partial charge in [0.05, 0.1) is 19.5 Å². The lowest BCUT2D eigenvalue weighted by Gasteiger charge is -2.31. The number of nitrogens with zero attached hydrogens (tertiary/aromatic N) is 3. The summed E-state index contributed by atoms with van der Waals surface area (Å²) in [7, 11) is -0.193. The van der Waals surface area contributed by atoms with Gasteiger partial charge in [-0.25, -0.2) is 13.1 Å². The highest BCUT2D eigenvalue weighted by atomic mass is 35.5. The first-order valence-electron chi connectivity index (χ1n) is 8.01. The topological polar surface area (TPSA) is 76.5 Å². The molecule has 1 aliphatic heterocycles. The van der Waals surface area contributed by atoms with Crippen molar-refractivity contribution in [3.8, 4) is 11.4 Å². The molecule has 1 fully saturated rings. The molecule has 0 saturated carbocycles. The Balaban J connectivity index is 0.00000243. The number of rotatable bonds is 5. The molecule has 1 aliphatic rings. The van der Waals surface area contributed by atoms with E-state index in [1.54, 1.807) is 25.3 Å². The van der Waals surface area contributed by atoms with Crippen LogP contribution >= 0.6 is 24.0 Å². The van der Waals surface area contributed by atoms with Gasteiger partial charge >= 0.3 is 0 Å². The van der Waals surface area contributed by atoms with Crippen molar-refractivity contribution >= 4 is 34.0 Å². The van der Waals surface area contributed by atoms with Gasteiger partial charge in [0.15, 0.2) is 0 Å².